The molecule has 130 valence electrons. The molecule has 0 bridgehead atoms. The summed E-state index contributed by atoms with van der Waals surface area (Å²) in [5.41, 5.74) is 0. The summed E-state index contributed by atoms with van der Waals surface area (Å²) in [6, 6.07) is 0. The van der Waals surface area contributed by atoms with Gasteiger partial charge in [0.2, 0.25) is 0 Å². The molecule has 0 unspecified atom stereocenters. The van der Waals surface area contributed by atoms with Crippen molar-refractivity contribution >= 4 is 11.9 Å². The highest BCUT2D eigenvalue weighted by atomic mass is 16.6. The second-order valence-corrected chi connectivity index (χ2v) is 4.29. The van der Waals surface area contributed by atoms with E-state index in [0.29, 0.717) is 0 Å². The van der Waals surface area contributed by atoms with E-state index in [1.807, 2.05) is 0 Å². The zero-order valence-corrected chi connectivity index (χ0v) is 12.8. The highest BCUT2D eigenvalue weighted by Gasteiger charge is 2.38. The topological polar surface area (TPSA) is 89.5 Å². The first-order valence-corrected chi connectivity index (χ1v) is 6.31. The van der Waals surface area contributed by atoms with Crippen LogP contribution in [0.25, 0.3) is 0 Å². The molecule has 8 heteroatoms. The van der Waals surface area contributed by atoms with Gasteiger partial charge in [-0.25, -0.2) is 0 Å². The molecule has 0 saturated carbocycles. The lowest BCUT2D eigenvalue weighted by atomic mass is 10.0. The van der Waals surface area contributed by atoms with Crippen LogP contribution < -0.4 is 0 Å². The van der Waals surface area contributed by atoms with E-state index in [9.17, 15) is 9.59 Å². The van der Waals surface area contributed by atoms with Crippen molar-refractivity contribution in [3.8, 4) is 0 Å². The van der Waals surface area contributed by atoms with E-state index >= 15 is 0 Å². The first-order chi connectivity index (χ1) is 12.4. The third-order valence-electron chi connectivity index (χ3n) is 2.71. The Morgan fingerprint density at radius 2 is 1.50 bits per heavy atom. The quantitative estimate of drug-likeness (QED) is 0.497. The summed E-state index contributed by atoms with van der Waals surface area (Å²) in [4.78, 5) is 22.5. The number of ether oxygens (including phenoxy) is 6. The van der Waals surface area contributed by atoms with Gasteiger partial charge in [0.15, 0.2) is 6.10 Å². The molecular weight excluding hydrogens is 296 g/mol. The standard InChI is InChI=1S/C14H26O8/c1-9(15)21-8-11(18-4)13(19-5)14(20-6)12(7-17-3)22-10(2)16/h11-14H,7-8H2,1-6H3/t11-,12+,13+,14+/m0/s1/i3D,4D,5D,6D. The average molecular weight is 326 g/mol. The SMILES string of the molecule is [2H]COC[C@@H](OC(C)=O)[C@@H](OC[2H])[C@H](OC[2H])[C@H](COC(C)=O)OC[2H]. The highest BCUT2D eigenvalue weighted by Crippen LogP contribution is 2.17. The number of carbonyl (C=O) groups is 2. The third-order valence-corrected chi connectivity index (χ3v) is 2.71. The van der Waals surface area contributed by atoms with Crippen LogP contribution in [0.1, 0.15) is 19.3 Å². The van der Waals surface area contributed by atoms with Crippen molar-refractivity contribution in [2.24, 2.45) is 0 Å². The fourth-order valence-corrected chi connectivity index (χ4v) is 1.79. The summed E-state index contributed by atoms with van der Waals surface area (Å²) < 4.78 is 59.8. The zero-order valence-electron chi connectivity index (χ0n) is 16.8. The molecule has 4 atom stereocenters. The number of hydrogen-bond donors (Lipinski definition) is 0. The van der Waals surface area contributed by atoms with Gasteiger partial charge in [0, 0.05) is 42.2 Å². The fraction of sp³-hybridized carbons (Fsp3) is 0.857. The smallest absolute Gasteiger partial charge is 0.303 e. The van der Waals surface area contributed by atoms with Crippen molar-refractivity contribution in [1.82, 2.24) is 0 Å². The van der Waals surface area contributed by atoms with Gasteiger partial charge in [0.05, 0.1) is 12.1 Å². The van der Waals surface area contributed by atoms with Gasteiger partial charge in [-0.3, -0.25) is 9.59 Å². The second-order valence-electron chi connectivity index (χ2n) is 4.29. The molecule has 0 N–H and O–H groups in total. The monoisotopic (exact) mass is 326 g/mol. The van der Waals surface area contributed by atoms with E-state index in [2.05, 4.69) is 0 Å². The summed E-state index contributed by atoms with van der Waals surface area (Å²) in [6.45, 7) is 1.86. The maximum atomic E-state index is 11.4. The predicted octanol–water partition coefficient (Wildman–Crippen LogP) is 0.173. The van der Waals surface area contributed by atoms with Gasteiger partial charge in [0.1, 0.15) is 24.9 Å². The van der Waals surface area contributed by atoms with E-state index < -0.39 is 64.7 Å². The van der Waals surface area contributed by atoms with Crippen molar-refractivity contribution in [1.29, 1.82) is 0 Å². The molecular formula is C14H26O8. The molecule has 0 aromatic carbocycles. The van der Waals surface area contributed by atoms with Crippen molar-refractivity contribution < 1.29 is 43.5 Å². The molecule has 0 aliphatic heterocycles. The minimum atomic E-state index is -1.11. The first-order valence-electron chi connectivity index (χ1n) is 9.14. The average Bonchev–Trinajstić information content (AvgIpc) is 2.58. The van der Waals surface area contributed by atoms with Crippen LogP contribution in [-0.4, -0.2) is 77.9 Å². The van der Waals surface area contributed by atoms with E-state index in [1.54, 1.807) is 0 Å². The van der Waals surface area contributed by atoms with Gasteiger partial charge in [-0.1, -0.05) is 0 Å². The molecule has 0 fully saturated rings. The minimum absolute atomic E-state index is 0.216. The van der Waals surface area contributed by atoms with Crippen molar-refractivity contribution in [3.63, 3.8) is 0 Å². The van der Waals surface area contributed by atoms with Crippen LogP contribution in [0.2, 0.25) is 0 Å². The number of carbonyl (C=O) groups excluding carboxylic acids is 2. The Kier molecular flexibility index (Phi) is 7.42. The summed E-state index contributed by atoms with van der Waals surface area (Å²) in [5, 5.41) is 0. The Bertz CT molecular complexity index is 401. The first kappa shape index (κ1) is 14.4. The van der Waals surface area contributed by atoms with Gasteiger partial charge >= 0.3 is 11.9 Å². The maximum Gasteiger partial charge on any atom is 0.303 e. The fourth-order valence-electron chi connectivity index (χ4n) is 1.79. The van der Waals surface area contributed by atoms with Crippen LogP contribution in [0.4, 0.5) is 0 Å². The molecule has 0 amide bonds. The van der Waals surface area contributed by atoms with E-state index in [-0.39, 0.29) is 13.2 Å². The van der Waals surface area contributed by atoms with E-state index in [0.717, 1.165) is 0 Å². The lowest BCUT2D eigenvalue weighted by Gasteiger charge is -2.34. The van der Waals surface area contributed by atoms with Crippen LogP contribution in [0.5, 0.6) is 0 Å². The number of rotatable bonds is 11. The highest BCUT2D eigenvalue weighted by molar-refractivity contribution is 5.66. The molecule has 22 heavy (non-hydrogen) atoms. The van der Waals surface area contributed by atoms with Crippen LogP contribution in [0.3, 0.4) is 0 Å². The van der Waals surface area contributed by atoms with Crippen molar-refractivity contribution in [3.05, 3.63) is 0 Å². The molecule has 8 nitrogen and oxygen atoms in total. The molecule has 0 aromatic rings. The number of esters is 2. The van der Waals surface area contributed by atoms with E-state index in [4.69, 9.17) is 33.9 Å². The number of methoxy groups -OCH3 is 4. The van der Waals surface area contributed by atoms with Gasteiger partial charge in [-0.2, -0.15) is 0 Å². The molecule has 0 spiro atoms. The maximum absolute atomic E-state index is 11.4. The third kappa shape index (κ3) is 7.17. The lowest BCUT2D eigenvalue weighted by Crippen LogP contribution is -2.51. The summed E-state index contributed by atoms with van der Waals surface area (Å²) >= 11 is 0. The normalized spacial score (nSPS) is 18.8. The molecule has 0 heterocycles. The zero-order chi connectivity index (χ0) is 19.9. The molecule has 0 aliphatic carbocycles. The van der Waals surface area contributed by atoms with Gasteiger partial charge < -0.3 is 28.4 Å². The Morgan fingerprint density at radius 3 is 2.00 bits per heavy atom. The molecule has 0 radical (unpaired) electrons. The minimum Gasteiger partial charge on any atom is -0.463 e. The van der Waals surface area contributed by atoms with Crippen LogP contribution in [0.15, 0.2) is 0 Å². The Balaban J connectivity index is 5.55. The van der Waals surface area contributed by atoms with Gasteiger partial charge in [-0.15, -0.1) is 0 Å². The number of hydrogen-bond acceptors (Lipinski definition) is 8. The van der Waals surface area contributed by atoms with Gasteiger partial charge in [0.25, 0.3) is 0 Å². The molecule has 0 aromatic heterocycles. The van der Waals surface area contributed by atoms with Crippen LogP contribution >= 0.6 is 0 Å². The molecule has 0 saturated heterocycles. The second kappa shape index (κ2) is 11.4. The Labute approximate surface area is 136 Å². The predicted molar refractivity (Wildman–Crippen MR) is 76.5 cm³/mol. The molecule has 0 rings (SSSR count). The van der Waals surface area contributed by atoms with Gasteiger partial charge in [-0.05, 0) is 0 Å². The Hall–Kier alpha value is -1.22. The molecule has 0 aliphatic rings. The summed E-state index contributed by atoms with van der Waals surface area (Å²) in [7, 11) is -1.93. The lowest BCUT2D eigenvalue weighted by molar-refractivity contribution is -0.185. The van der Waals surface area contributed by atoms with E-state index in [1.165, 1.54) is 13.8 Å². The largest absolute Gasteiger partial charge is 0.463 e. The van der Waals surface area contributed by atoms with Crippen LogP contribution in [-0.2, 0) is 38.0 Å². The summed E-state index contributed by atoms with van der Waals surface area (Å²) in [5.74, 6) is -1.23. The van der Waals surface area contributed by atoms with Crippen molar-refractivity contribution in [2.45, 2.75) is 38.3 Å². The van der Waals surface area contributed by atoms with Crippen molar-refractivity contribution in [2.75, 3.05) is 41.6 Å². The van der Waals surface area contributed by atoms with Crippen LogP contribution in [0, 0.1) is 0 Å². The summed E-state index contributed by atoms with van der Waals surface area (Å²) in [6.07, 6.45) is -4.28. The Morgan fingerprint density at radius 1 is 0.864 bits per heavy atom.